The number of nitrogens with zero attached hydrogens (tertiary/aromatic N) is 4. The predicted molar refractivity (Wildman–Crippen MR) is 123 cm³/mol. The first-order chi connectivity index (χ1) is 13.5. The van der Waals surface area contributed by atoms with Crippen molar-refractivity contribution in [2.45, 2.75) is 39.4 Å². The zero-order chi connectivity index (χ0) is 20.1. The van der Waals surface area contributed by atoms with Crippen LogP contribution in [0.1, 0.15) is 26.1 Å². The Morgan fingerprint density at radius 1 is 1.31 bits per heavy atom. The third-order valence-corrected chi connectivity index (χ3v) is 4.78. The molecular weight excluding hydrogens is 489 g/mol. The lowest BCUT2D eigenvalue weighted by molar-refractivity contribution is 0.503. The van der Waals surface area contributed by atoms with Crippen LogP contribution in [0.5, 0.6) is 0 Å². The summed E-state index contributed by atoms with van der Waals surface area (Å²) in [5.41, 5.74) is 0.0467. The van der Waals surface area contributed by atoms with Crippen molar-refractivity contribution < 1.29 is 8.78 Å². The van der Waals surface area contributed by atoms with Crippen molar-refractivity contribution in [3.05, 3.63) is 48.1 Å². The molecule has 1 aliphatic rings. The Hall–Kier alpha value is -1.91. The first kappa shape index (κ1) is 23.4. The number of halogens is 3. The molecule has 1 aromatic heterocycles. The number of hydrogen-bond donors (Lipinski definition) is 2. The average molecular weight is 518 g/mol. The molecule has 2 heterocycles. The number of aromatic nitrogens is 2. The standard InChI is InChI=1S/C20H28F2N6.HI/c1-14(2)12-27-10-8-24-18(27)11-25-20(23-3)26-15-7-9-28(13-15)19-16(21)5-4-6-17(19)22;/h4-6,8,10,14-15H,7,9,11-13H2,1-3H3,(H2,23,25,26);1H. The number of hydrogen-bond acceptors (Lipinski definition) is 3. The molecule has 160 valence electrons. The van der Waals surface area contributed by atoms with Gasteiger partial charge in [-0.2, -0.15) is 0 Å². The summed E-state index contributed by atoms with van der Waals surface area (Å²) in [6.07, 6.45) is 4.55. The van der Waals surface area contributed by atoms with Gasteiger partial charge >= 0.3 is 0 Å². The second-order valence-corrected chi connectivity index (χ2v) is 7.46. The molecular formula is C20H29F2IN6. The van der Waals surface area contributed by atoms with E-state index in [0.29, 0.717) is 31.5 Å². The summed E-state index contributed by atoms with van der Waals surface area (Å²) in [6.45, 7) is 6.91. The van der Waals surface area contributed by atoms with Gasteiger partial charge in [0.15, 0.2) is 5.96 Å². The SMILES string of the molecule is CN=C(NCc1nccn1CC(C)C)NC1CCN(c2c(F)cccc2F)C1.I. The summed E-state index contributed by atoms with van der Waals surface area (Å²) in [7, 11) is 1.71. The van der Waals surface area contributed by atoms with E-state index in [9.17, 15) is 8.78 Å². The van der Waals surface area contributed by atoms with Crippen LogP contribution in [0.2, 0.25) is 0 Å². The molecule has 0 aliphatic carbocycles. The van der Waals surface area contributed by atoms with Crippen molar-refractivity contribution in [1.82, 2.24) is 20.2 Å². The molecule has 1 fully saturated rings. The summed E-state index contributed by atoms with van der Waals surface area (Å²) < 4.78 is 30.2. The van der Waals surface area contributed by atoms with Crippen LogP contribution in [0.15, 0.2) is 35.6 Å². The van der Waals surface area contributed by atoms with Gasteiger partial charge in [0, 0.05) is 45.1 Å². The van der Waals surface area contributed by atoms with Gasteiger partial charge in [0.1, 0.15) is 23.1 Å². The van der Waals surface area contributed by atoms with Crippen molar-refractivity contribution in [3.63, 3.8) is 0 Å². The minimum atomic E-state index is -0.528. The van der Waals surface area contributed by atoms with Gasteiger partial charge in [-0.25, -0.2) is 13.8 Å². The van der Waals surface area contributed by atoms with E-state index in [-0.39, 0.29) is 35.7 Å². The Labute approximate surface area is 187 Å². The highest BCUT2D eigenvalue weighted by atomic mass is 127. The summed E-state index contributed by atoms with van der Waals surface area (Å²) in [6, 6.07) is 4.02. The number of guanidine groups is 1. The lowest BCUT2D eigenvalue weighted by Crippen LogP contribution is -2.44. The fraction of sp³-hybridized carbons (Fsp3) is 0.500. The Morgan fingerprint density at radius 3 is 2.69 bits per heavy atom. The van der Waals surface area contributed by atoms with Gasteiger partial charge < -0.3 is 20.1 Å². The van der Waals surface area contributed by atoms with Crippen molar-refractivity contribution >= 4 is 35.6 Å². The molecule has 9 heteroatoms. The Kier molecular flexibility index (Phi) is 8.66. The van der Waals surface area contributed by atoms with E-state index in [4.69, 9.17) is 0 Å². The topological polar surface area (TPSA) is 57.5 Å². The van der Waals surface area contributed by atoms with Crippen molar-refractivity contribution in [2.24, 2.45) is 10.9 Å². The number of rotatable bonds is 6. The van der Waals surface area contributed by atoms with Gasteiger partial charge in [0.25, 0.3) is 0 Å². The maximum absolute atomic E-state index is 14.0. The number of anilines is 1. The molecule has 3 rings (SSSR count). The van der Waals surface area contributed by atoms with Crippen LogP contribution in [0.4, 0.5) is 14.5 Å². The highest BCUT2D eigenvalue weighted by Crippen LogP contribution is 2.26. The van der Waals surface area contributed by atoms with Gasteiger partial charge in [0.2, 0.25) is 0 Å². The molecule has 0 amide bonds. The summed E-state index contributed by atoms with van der Waals surface area (Å²) in [5, 5.41) is 6.62. The number of imidazole rings is 1. The third-order valence-electron chi connectivity index (χ3n) is 4.78. The van der Waals surface area contributed by atoms with E-state index in [1.807, 2.05) is 6.20 Å². The van der Waals surface area contributed by atoms with Gasteiger partial charge in [-0.1, -0.05) is 19.9 Å². The van der Waals surface area contributed by atoms with E-state index >= 15 is 0 Å². The highest BCUT2D eigenvalue weighted by Gasteiger charge is 2.27. The number of para-hydroxylation sites is 1. The number of benzene rings is 1. The van der Waals surface area contributed by atoms with Gasteiger partial charge in [-0.15, -0.1) is 24.0 Å². The molecule has 0 saturated carbocycles. The monoisotopic (exact) mass is 518 g/mol. The Balaban J connectivity index is 0.00000300. The summed E-state index contributed by atoms with van der Waals surface area (Å²) >= 11 is 0. The zero-order valence-electron chi connectivity index (χ0n) is 17.0. The molecule has 1 unspecified atom stereocenters. The molecule has 1 aromatic carbocycles. The molecule has 6 nitrogen and oxygen atoms in total. The van der Waals surface area contributed by atoms with E-state index < -0.39 is 11.6 Å². The first-order valence-electron chi connectivity index (χ1n) is 9.64. The predicted octanol–water partition coefficient (Wildman–Crippen LogP) is 3.38. The second kappa shape index (κ2) is 10.7. The zero-order valence-corrected chi connectivity index (χ0v) is 19.4. The minimum Gasteiger partial charge on any atom is -0.365 e. The lowest BCUT2D eigenvalue weighted by Gasteiger charge is -2.21. The van der Waals surface area contributed by atoms with Gasteiger partial charge in [0.05, 0.1) is 6.54 Å². The maximum atomic E-state index is 14.0. The first-order valence-corrected chi connectivity index (χ1v) is 9.64. The third kappa shape index (κ3) is 6.03. The summed E-state index contributed by atoms with van der Waals surface area (Å²) in [4.78, 5) is 10.4. The van der Waals surface area contributed by atoms with Crippen LogP contribution in [-0.4, -0.2) is 41.7 Å². The Bertz CT molecular complexity index is 803. The number of nitrogens with one attached hydrogen (secondary N) is 2. The lowest BCUT2D eigenvalue weighted by atomic mass is 10.2. The van der Waals surface area contributed by atoms with Crippen LogP contribution >= 0.6 is 24.0 Å². The van der Waals surface area contributed by atoms with E-state index in [2.05, 4.69) is 39.0 Å². The Morgan fingerprint density at radius 2 is 2.03 bits per heavy atom. The fourth-order valence-corrected chi connectivity index (χ4v) is 3.49. The molecule has 1 aliphatic heterocycles. The normalized spacial score (nSPS) is 16.8. The second-order valence-electron chi connectivity index (χ2n) is 7.46. The fourth-order valence-electron chi connectivity index (χ4n) is 3.49. The molecule has 1 saturated heterocycles. The molecule has 0 bridgehead atoms. The van der Waals surface area contributed by atoms with Gasteiger partial charge in [-0.3, -0.25) is 4.99 Å². The molecule has 0 spiro atoms. The summed E-state index contributed by atoms with van der Waals surface area (Å²) in [5.74, 6) is 1.08. The minimum absolute atomic E-state index is 0. The smallest absolute Gasteiger partial charge is 0.191 e. The number of aliphatic imine (C=N–C) groups is 1. The van der Waals surface area contributed by atoms with E-state index in [1.165, 1.54) is 18.2 Å². The van der Waals surface area contributed by atoms with Crippen molar-refractivity contribution in [2.75, 3.05) is 25.0 Å². The van der Waals surface area contributed by atoms with Crippen molar-refractivity contribution in [3.8, 4) is 0 Å². The molecule has 2 aromatic rings. The maximum Gasteiger partial charge on any atom is 0.191 e. The van der Waals surface area contributed by atoms with Crippen LogP contribution in [0.3, 0.4) is 0 Å². The molecule has 2 N–H and O–H groups in total. The van der Waals surface area contributed by atoms with Crippen molar-refractivity contribution in [1.29, 1.82) is 0 Å². The van der Waals surface area contributed by atoms with Crippen LogP contribution in [0, 0.1) is 17.6 Å². The molecule has 29 heavy (non-hydrogen) atoms. The van der Waals surface area contributed by atoms with E-state index in [1.54, 1.807) is 18.1 Å². The highest BCUT2D eigenvalue weighted by molar-refractivity contribution is 14.0. The molecule has 0 radical (unpaired) electrons. The average Bonchev–Trinajstić information content (AvgIpc) is 3.27. The van der Waals surface area contributed by atoms with Crippen LogP contribution in [-0.2, 0) is 13.1 Å². The van der Waals surface area contributed by atoms with Crippen LogP contribution in [0.25, 0.3) is 0 Å². The molecule has 1 atom stereocenters. The van der Waals surface area contributed by atoms with Crippen LogP contribution < -0.4 is 15.5 Å². The quantitative estimate of drug-likeness (QED) is 0.350. The van der Waals surface area contributed by atoms with Gasteiger partial charge in [-0.05, 0) is 24.5 Å². The van der Waals surface area contributed by atoms with E-state index in [0.717, 1.165) is 18.8 Å². The largest absolute Gasteiger partial charge is 0.365 e.